The molecule has 0 bridgehead atoms. The smallest absolute Gasteiger partial charge is 0.331 e. The van der Waals surface area contributed by atoms with Crippen LogP contribution >= 0.6 is 23.5 Å². The molecular weight excluding hydrogens is 336 g/mol. The average molecular weight is 365 g/mol. The summed E-state index contributed by atoms with van der Waals surface area (Å²) in [4.78, 5) is 10.8. The van der Waals surface area contributed by atoms with E-state index in [4.69, 9.17) is 5.11 Å². The van der Waals surface area contributed by atoms with E-state index in [2.05, 4.69) is 38.8 Å². The van der Waals surface area contributed by atoms with Gasteiger partial charge in [-0.1, -0.05) is 69.0 Å². The molecule has 1 aromatic rings. The second-order valence-corrected chi connectivity index (χ2v) is 7.39. The van der Waals surface area contributed by atoms with Crippen LogP contribution in [0.25, 0.3) is 0 Å². The van der Waals surface area contributed by atoms with E-state index in [0.29, 0.717) is 5.57 Å². The number of aliphatic carboxylic acids is 1. The third-order valence-electron chi connectivity index (χ3n) is 3.13. The number of hydrogen-bond acceptors (Lipinski definition) is 3. The molecule has 1 unspecified atom stereocenters. The summed E-state index contributed by atoms with van der Waals surface area (Å²) in [6, 6.07) is 10.2. The molecule has 0 radical (unpaired) electrons. The van der Waals surface area contributed by atoms with Crippen molar-refractivity contribution in [3.8, 4) is 0 Å². The second kappa shape index (κ2) is 14.0. The van der Waals surface area contributed by atoms with Gasteiger partial charge in [0, 0.05) is 5.57 Å². The van der Waals surface area contributed by atoms with Crippen molar-refractivity contribution in [3.05, 3.63) is 71.8 Å². The van der Waals surface area contributed by atoms with Crippen molar-refractivity contribution in [2.24, 2.45) is 0 Å². The number of carbonyl (C=O) groups is 1. The fraction of sp³-hybridized carbons (Fsp3) is 0.350. The normalized spacial score (nSPS) is 12.8. The molecule has 1 N–H and O–H groups in total. The summed E-state index contributed by atoms with van der Waals surface area (Å²) in [5, 5.41) is 9.08. The molecule has 0 saturated carbocycles. The number of hydrogen-bond donors (Lipinski definition) is 1. The molecule has 0 heterocycles. The van der Waals surface area contributed by atoms with Crippen LogP contribution in [-0.2, 0) is 4.79 Å². The molecule has 132 valence electrons. The van der Waals surface area contributed by atoms with Crippen molar-refractivity contribution in [1.29, 1.82) is 0 Å². The van der Waals surface area contributed by atoms with E-state index in [0.717, 1.165) is 11.3 Å². The summed E-state index contributed by atoms with van der Waals surface area (Å²) in [6.45, 7) is 9.70. The van der Waals surface area contributed by atoms with Gasteiger partial charge in [0.25, 0.3) is 0 Å². The molecule has 0 spiro atoms. The van der Waals surface area contributed by atoms with E-state index < -0.39 is 5.97 Å². The third kappa shape index (κ3) is 9.04. The molecule has 0 saturated heterocycles. The van der Waals surface area contributed by atoms with Crippen LogP contribution < -0.4 is 0 Å². The maximum absolute atomic E-state index is 10.8. The first kappa shape index (κ1) is 22.6. The van der Waals surface area contributed by atoms with E-state index in [1.165, 1.54) is 11.3 Å². The van der Waals surface area contributed by atoms with Gasteiger partial charge in [0.1, 0.15) is 0 Å². The molecule has 1 aromatic carbocycles. The van der Waals surface area contributed by atoms with Gasteiger partial charge in [0.2, 0.25) is 0 Å². The van der Waals surface area contributed by atoms with Crippen molar-refractivity contribution in [1.82, 2.24) is 0 Å². The number of rotatable bonds is 8. The lowest BCUT2D eigenvalue weighted by Crippen LogP contribution is -1.98. The van der Waals surface area contributed by atoms with Crippen LogP contribution in [0.4, 0.5) is 0 Å². The number of allylic oxidation sites excluding steroid dienone is 3. The van der Waals surface area contributed by atoms with Gasteiger partial charge in [-0.2, -0.15) is 11.8 Å². The minimum atomic E-state index is -0.899. The highest BCUT2D eigenvalue weighted by Crippen LogP contribution is 2.36. The molecule has 0 aliphatic heterocycles. The Morgan fingerprint density at radius 2 is 1.79 bits per heavy atom. The van der Waals surface area contributed by atoms with Crippen molar-refractivity contribution in [2.75, 3.05) is 17.8 Å². The van der Waals surface area contributed by atoms with Gasteiger partial charge in [0.05, 0.1) is 5.25 Å². The highest BCUT2D eigenvalue weighted by Gasteiger charge is 2.13. The van der Waals surface area contributed by atoms with Gasteiger partial charge < -0.3 is 5.11 Å². The van der Waals surface area contributed by atoms with Crippen LogP contribution in [0.5, 0.6) is 0 Å². The van der Waals surface area contributed by atoms with E-state index in [9.17, 15) is 4.79 Å². The van der Waals surface area contributed by atoms with Crippen molar-refractivity contribution in [2.45, 2.75) is 26.0 Å². The van der Waals surface area contributed by atoms with Gasteiger partial charge in [-0.05, 0) is 35.8 Å². The lowest BCUT2D eigenvalue weighted by Gasteiger charge is -2.17. The molecule has 1 rings (SSSR count). The van der Waals surface area contributed by atoms with E-state index in [-0.39, 0.29) is 5.25 Å². The largest absolute Gasteiger partial charge is 0.478 e. The second-order valence-electron chi connectivity index (χ2n) is 4.85. The molecule has 0 aromatic heterocycles. The maximum Gasteiger partial charge on any atom is 0.331 e. The van der Waals surface area contributed by atoms with Gasteiger partial charge in [0.15, 0.2) is 0 Å². The fourth-order valence-corrected chi connectivity index (χ4v) is 2.78. The Morgan fingerprint density at radius 1 is 1.21 bits per heavy atom. The molecule has 0 fully saturated rings. The summed E-state index contributed by atoms with van der Waals surface area (Å²) in [6.07, 6.45) is 7.37. The first-order valence-corrected chi connectivity index (χ1v) is 10.4. The monoisotopic (exact) mass is 364 g/mol. The third-order valence-corrected chi connectivity index (χ3v) is 4.91. The number of carboxylic acid groups (broad SMARTS) is 1. The van der Waals surface area contributed by atoms with Gasteiger partial charge in [-0.15, -0.1) is 11.8 Å². The Balaban J connectivity index is 0.00000118. The highest BCUT2D eigenvalue weighted by molar-refractivity contribution is 7.99. The van der Waals surface area contributed by atoms with Gasteiger partial charge in [-0.3, -0.25) is 0 Å². The summed E-state index contributed by atoms with van der Waals surface area (Å²) in [5.41, 5.74) is 2.54. The molecule has 1 atom stereocenters. The SMILES string of the molecule is C=C/C(=C\C=C(/C)C(=O)O)C(SCC)c1ccccc1.CCSC. The zero-order chi connectivity index (χ0) is 18.4. The van der Waals surface area contributed by atoms with Crippen LogP contribution in [0.2, 0.25) is 0 Å². The van der Waals surface area contributed by atoms with Crippen molar-refractivity contribution in [3.63, 3.8) is 0 Å². The lowest BCUT2D eigenvalue weighted by molar-refractivity contribution is -0.132. The Hall–Kier alpha value is -1.39. The topological polar surface area (TPSA) is 37.3 Å². The average Bonchev–Trinajstić information content (AvgIpc) is 2.61. The standard InChI is InChI=1S/C17H20O2S.C3H8S/c1-4-14(12-11-13(3)17(18)19)16(20-5-2)15-9-7-6-8-10-15;1-3-4-2/h4,6-12,16H,1,5H2,2-3H3,(H,18,19);3H2,1-2H3/b13-11+,14-12+;. The van der Waals surface area contributed by atoms with Crippen LogP contribution in [-0.4, -0.2) is 28.8 Å². The quantitative estimate of drug-likeness (QED) is 0.454. The Bertz CT molecular complexity index is 546. The molecule has 4 heteroatoms. The van der Waals surface area contributed by atoms with Crippen molar-refractivity contribution >= 4 is 29.5 Å². The molecule has 0 aliphatic carbocycles. The number of carboxylic acids is 1. The van der Waals surface area contributed by atoms with Crippen LogP contribution in [0, 0.1) is 0 Å². The Labute approximate surface area is 155 Å². The molecule has 0 aliphatic rings. The van der Waals surface area contributed by atoms with E-state index >= 15 is 0 Å². The molecule has 0 amide bonds. The first-order chi connectivity index (χ1) is 11.5. The zero-order valence-electron chi connectivity index (χ0n) is 15.0. The van der Waals surface area contributed by atoms with E-state index in [1.54, 1.807) is 30.8 Å². The van der Waals surface area contributed by atoms with Gasteiger partial charge >= 0.3 is 5.97 Å². The van der Waals surface area contributed by atoms with Crippen LogP contribution in [0.1, 0.15) is 31.6 Å². The van der Waals surface area contributed by atoms with Crippen LogP contribution in [0.15, 0.2) is 66.3 Å². The Kier molecular flexibility index (Phi) is 13.2. The molecule has 2 nitrogen and oxygen atoms in total. The number of benzene rings is 1. The molecular formula is C20H28O2S2. The fourth-order valence-electron chi connectivity index (χ4n) is 1.73. The minimum Gasteiger partial charge on any atom is -0.478 e. The van der Waals surface area contributed by atoms with E-state index in [1.807, 2.05) is 36.0 Å². The predicted octanol–water partition coefficient (Wildman–Crippen LogP) is 5.99. The first-order valence-electron chi connectivity index (χ1n) is 7.91. The lowest BCUT2D eigenvalue weighted by atomic mass is 10.0. The summed E-state index contributed by atoms with van der Waals surface area (Å²) in [7, 11) is 0. The van der Waals surface area contributed by atoms with Crippen LogP contribution in [0.3, 0.4) is 0 Å². The summed E-state index contributed by atoms with van der Waals surface area (Å²) in [5.74, 6) is 1.32. The maximum atomic E-state index is 10.8. The van der Waals surface area contributed by atoms with Gasteiger partial charge in [-0.25, -0.2) is 4.79 Å². The van der Waals surface area contributed by atoms with Crippen molar-refractivity contribution < 1.29 is 9.90 Å². The highest BCUT2D eigenvalue weighted by atomic mass is 32.2. The zero-order valence-corrected chi connectivity index (χ0v) is 16.6. The Morgan fingerprint density at radius 3 is 2.21 bits per heavy atom. The number of thioether (sulfide) groups is 2. The predicted molar refractivity (Wildman–Crippen MR) is 111 cm³/mol. The minimum absolute atomic E-state index is 0.177. The summed E-state index contributed by atoms with van der Waals surface area (Å²) < 4.78 is 0. The summed E-state index contributed by atoms with van der Waals surface area (Å²) >= 11 is 3.66. The molecule has 24 heavy (non-hydrogen) atoms.